The number of sulfonamides is 1. The second-order valence-electron chi connectivity index (χ2n) is 5.38. The minimum atomic E-state index is -3.65. The standard InChI is InChI=1S/C16H23N3O4S/c1-2-6-17-16(20)14-4-3-5-15(13-14)24(21,22)18-7-8-19-9-11-23-12-10-19/h2-5,13,18H,1,6-12H2,(H,17,20). The molecule has 0 atom stereocenters. The van der Waals surface area contributed by atoms with E-state index in [0.717, 1.165) is 13.1 Å². The fraction of sp³-hybridized carbons (Fsp3) is 0.438. The van der Waals surface area contributed by atoms with Gasteiger partial charge in [0, 0.05) is 38.3 Å². The van der Waals surface area contributed by atoms with E-state index in [9.17, 15) is 13.2 Å². The predicted molar refractivity (Wildman–Crippen MR) is 91.4 cm³/mol. The van der Waals surface area contributed by atoms with Gasteiger partial charge < -0.3 is 10.1 Å². The molecule has 2 N–H and O–H groups in total. The molecule has 1 aliphatic rings. The van der Waals surface area contributed by atoms with Crippen LogP contribution in [-0.2, 0) is 14.8 Å². The molecule has 1 heterocycles. The molecule has 1 aliphatic heterocycles. The molecule has 1 aromatic carbocycles. The lowest BCUT2D eigenvalue weighted by Gasteiger charge is -2.26. The van der Waals surface area contributed by atoms with Crippen LogP contribution in [-0.4, -0.2) is 65.2 Å². The Hall–Kier alpha value is -1.74. The minimum Gasteiger partial charge on any atom is -0.379 e. The molecule has 1 amide bonds. The number of amides is 1. The Morgan fingerprint density at radius 3 is 2.79 bits per heavy atom. The van der Waals surface area contributed by atoms with Crippen LogP contribution in [0.4, 0.5) is 0 Å². The van der Waals surface area contributed by atoms with Crippen LogP contribution in [0.2, 0.25) is 0 Å². The Labute approximate surface area is 142 Å². The Kier molecular flexibility index (Phi) is 6.92. The van der Waals surface area contributed by atoms with E-state index in [0.29, 0.717) is 38.4 Å². The van der Waals surface area contributed by atoms with Crippen LogP contribution in [0.3, 0.4) is 0 Å². The fourth-order valence-electron chi connectivity index (χ4n) is 2.32. The van der Waals surface area contributed by atoms with E-state index in [1.807, 2.05) is 0 Å². The molecule has 132 valence electrons. The van der Waals surface area contributed by atoms with Gasteiger partial charge in [-0.05, 0) is 18.2 Å². The summed E-state index contributed by atoms with van der Waals surface area (Å²) >= 11 is 0. The van der Waals surface area contributed by atoms with E-state index in [1.54, 1.807) is 18.2 Å². The number of hydrogen-bond donors (Lipinski definition) is 2. The van der Waals surface area contributed by atoms with E-state index in [4.69, 9.17) is 4.74 Å². The van der Waals surface area contributed by atoms with E-state index >= 15 is 0 Å². The van der Waals surface area contributed by atoms with Crippen LogP contribution in [0.25, 0.3) is 0 Å². The summed E-state index contributed by atoms with van der Waals surface area (Å²) in [6, 6.07) is 5.97. The first-order valence-corrected chi connectivity index (χ1v) is 9.30. The van der Waals surface area contributed by atoms with Crippen molar-refractivity contribution in [2.45, 2.75) is 4.90 Å². The number of morpholine rings is 1. The van der Waals surface area contributed by atoms with Gasteiger partial charge >= 0.3 is 0 Å². The second kappa shape index (κ2) is 8.93. The number of ether oxygens (including phenoxy) is 1. The third-order valence-corrected chi connectivity index (χ3v) is 5.10. The third kappa shape index (κ3) is 5.41. The molecule has 2 rings (SSSR count). The van der Waals surface area contributed by atoms with Gasteiger partial charge in [0.15, 0.2) is 0 Å². The quantitative estimate of drug-likeness (QED) is 0.653. The average molecular weight is 353 g/mol. The molecule has 0 radical (unpaired) electrons. The molecule has 0 aliphatic carbocycles. The fourth-order valence-corrected chi connectivity index (χ4v) is 3.38. The Morgan fingerprint density at radius 2 is 2.08 bits per heavy atom. The topological polar surface area (TPSA) is 87.7 Å². The van der Waals surface area contributed by atoms with Crippen molar-refractivity contribution in [3.63, 3.8) is 0 Å². The molecule has 0 aromatic heterocycles. The van der Waals surface area contributed by atoms with E-state index < -0.39 is 10.0 Å². The first-order valence-electron chi connectivity index (χ1n) is 7.82. The minimum absolute atomic E-state index is 0.0794. The van der Waals surface area contributed by atoms with Gasteiger partial charge in [-0.1, -0.05) is 12.1 Å². The summed E-state index contributed by atoms with van der Waals surface area (Å²) in [6.45, 7) is 7.75. The van der Waals surface area contributed by atoms with Crippen LogP contribution in [0.1, 0.15) is 10.4 Å². The highest BCUT2D eigenvalue weighted by Gasteiger charge is 2.17. The van der Waals surface area contributed by atoms with Gasteiger partial charge in [-0.2, -0.15) is 0 Å². The lowest BCUT2D eigenvalue weighted by molar-refractivity contribution is 0.0390. The van der Waals surface area contributed by atoms with Crippen molar-refractivity contribution in [2.24, 2.45) is 0 Å². The monoisotopic (exact) mass is 353 g/mol. The second-order valence-corrected chi connectivity index (χ2v) is 7.15. The molecule has 1 fully saturated rings. The molecular weight excluding hydrogens is 330 g/mol. The van der Waals surface area contributed by atoms with E-state index in [1.165, 1.54) is 12.1 Å². The van der Waals surface area contributed by atoms with Gasteiger partial charge in [-0.25, -0.2) is 13.1 Å². The Balaban J connectivity index is 1.95. The summed E-state index contributed by atoms with van der Waals surface area (Å²) in [5.74, 6) is -0.333. The molecule has 8 heteroatoms. The summed E-state index contributed by atoms with van der Waals surface area (Å²) in [5, 5.41) is 2.62. The molecule has 7 nitrogen and oxygen atoms in total. The van der Waals surface area contributed by atoms with Gasteiger partial charge in [0.25, 0.3) is 5.91 Å². The summed E-state index contributed by atoms with van der Waals surface area (Å²) < 4.78 is 32.6. The largest absolute Gasteiger partial charge is 0.379 e. The normalized spacial score (nSPS) is 15.8. The SMILES string of the molecule is C=CCNC(=O)c1cccc(S(=O)(=O)NCCN2CCOCC2)c1. The van der Waals surface area contributed by atoms with Crippen LogP contribution in [0, 0.1) is 0 Å². The third-order valence-electron chi connectivity index (χ3n) is 3.64. The number of carbonyl (C=O) groups is 1. The zero-order chi connectivity index (χ0) is 17.4. The van der Waals surface area contributed by atoms with Crippen molar-refractivity contribution in [3.8, 4) is 0 Å². The summed E-state index contributed by atoms with van der Waals surface area (Å²) in [4.78, 5) is 14.1. The first kappa shape index (κ1) is 18.6. The van der Waals surface area contributed by atoms with Gasteiger partial charge in [-0.3, -0.25) is 9.69 Å². The van der Waals surface area contributed by atoms with Crippen LogP contribution in [0.5, 0.6) is 0 Å². The number of benzene rings is 1. The molecule has 1 saturated heterocycles. The van der Waals surface area contributed by atoms with E-state index in [2.05, 4.69) is 21.5 Å². The highest BCUT2D eigenvalue weighted by molar-refractivity contribution is 7.89. The zero-order valence-corrected chi connectivity index (χ0v) is 14.3. The summed E-state index contributed by atoms with van der Waals surface area (Å²) in [6.07, 6.45) is 1.56. The molecule has 0 spiro atoms. The zero-order valence-electron chi connectivity index (χ0n) is 13.5. The van der Waals surface area contributed by atoms with Crippen LogP contribution < -0.4 is 10.0 Å². The van der Waals surface area contributed by atoms with Gasteiger partial charge in [-0.15, -0.1) is 6.58 Å². The number of rotatable bonds is 8. The molecule has 0 unspecified atom stereocenters. The summed E-state index contributed by atoms with van der Waals surface area (Å²) in [7, 11) is -3.65. The van der Waals surface area contributed by atoms with Crippen molar-refractivity contribution in [3.05, 3.63) is 42.5 Å². The van der Waals surface area contributed by atoms with Crippen molar-refractivity contribution in [1.82, 2.24) is 14.9 Å². The van der Waals surface area contributed by atoms with Gasteiger partial charge in [0.05, 0.1) is 18.1 Å². The lowest BCUT2D eigenvalue weighted by atomic mass is 10.2. The average Bonchev–Trinajstić information content (AvgIpc) is 2.60. The molecule has 1 aromatic rings. The molecule has 0 saturated carbocycles. The van der Waals surface area contributed by atoms with Crippen LogP contribution >= 0.6 is 0 Å². The lowest BCUT2D eigenvalue weighted by Crippen LogP contribution is -2.41. The number of hydrogen-bond acceptors (Lipinski definition) is 5. The van der Waals surface area contributed by atoms with Gasteiger partial charge in [0.1, 0.15) is 0 Å². The van der Waals surface area contributed by atoms with Crippen molar-refractivity contribution >= 4 is 15.9 Å². The molecule has 0 bridgehead atoms. The maximum absolute atomic E-state index is 12.4. The van der Waals surface area contributed by atoms with Crippen molar-refractivity contribution < 1.29 is 17.9 Å². The van der Waals surface area contributed by atoms with Crippen LogP contribution in [0.15, 0.2) is 41.8 Å². The highest BCUT2D eigenvalue weighted by atomic mass is 32.2. The highest BCUT2D eigenvalue weighted by Crippen LogP contribution is 2.11. The van der Waals surface area contributed by atoms with Crippen molar-refractivity contribution in [2.75, 3.05) is 45.9 Å². The van der Waals surface area contributed by atoms with E-state index in [-0.39, 0.29) is 10.8 Å². The maximum atomic E-state index is 12.4. The number of carbonyl (C=O) groups excluding carboxylic acids is 1. The number of nitrogens with zero attached hydrogens (tertiary/aromatic N) is 1. The molecular formula is C16H23N3O4S. The van der Waals surface area contributed by atoms with Crippen molar-refractivity contribution in [1.29, 1.82) is 0 Å². The maximum Gasteiger partial charge on any atom is 0.251 e. The molecule has 24 heavy (non-hydrogen) atoms. The predicted octanol–water partition coefficient (Wildman–Crippen LogP) is 0.213. The summed E-state index contributed by atoms with van der Waals surface area (Å²) in [5.41, 5.74) is 0.299. The first-order chi connectivity index (χ1) is 11.5. The smallest absolute Gasteiger partial charge is 0.251 e. The Bertz CT molecular complexity index is 670. The van der Waals surface area contributed by atoms with Gasteiger partial charge in [0.2, 0.25) is 10.0 Å². The Morgan fingerprint density at radius 1 is 1.33 bits per heavy atom. The number of nitrogens with one attached hydrogen (secondary N) is 2.